The molecular formula is C19H22ClFN4O. The highest BCUT2D eigenvalue weighted by molar-refractivity contribution is 6.31. The average Bonchev–Trinajstić information content (AvgIpc) is 2.60. The molecule has 0 fully saturated rings. The first-order valence-corrected chi connectivity index (χ1v) is 8.47. The summed E-state index contributed by atoms with van der Waals surface area (Å²) in [6.45, 7) is 4.07. The maximum absolute atomic E-state index is 14.1. The molecule has 0 unspecified atom stereocenters. The number of carbonyl (C=O) groups is 1. The largest absolute Gasteiger partial charge is 0.390 e. The number of amides is 2. The summed E-state index contributed by atoms with van der Waals surface area (Å²) in [6, 6.07) is 9.61. The second-order valence-corrected chi connectivity index (χ2v) is 6.23. The highest BCUT2D eigenvalue weighted by Gasteiger charge is 2.07. The smallest absolute Gasteiger partial charge is 0.319 e. The van der Waals surface area contributed by atoms with Crippen molar-refractivity contribution in [2.75, 3.05) is 17.7 Å². The van der Waals surface area contributed by atoms with Crippen LogP contribution in [0.5, 0.6) is 0 Å². The molecule has 0 bridgehead atoms. The SMILES string of the molecule is CN/C(C)=C\Nc1ccc(NC(=O)NCc2ccc(C)cc2Cl)cc1F. The van der Waals surface area contributed by atoms with Gasteiger partial charge >= 0.3 is 6.03 Å². The van der Waals surface area contributed by atoms with Gasteiger partial charge in [0.1, 0.15) is 5.82 Å². The molecule has 26 heavy (non-hydrogen) atoms. The maximum atomic E-state index is 14.1. The number of halogens is 2. The number of carbonyl (C=O) groups excluding carboxylic acids is 1. The van der Waals surface area contributed by atoms with Crippen LogP contribution in [0.2, 0.25) is 5.02 Å². The quantitative estimate of drug-likeness (QED) is 0.595. The second-order valence-electron chi connectivity index (χ2n) is 5.82. The average molecular weight is 377 g/mol. The molecule has 7 heteroatoms. The Morgan fingerprint density at radius 2 is 2.00 bits per heavy atom. The van der Waals surface area contributed by atoms with Crippen molar-refractivity contribution in [1.82, 2.24) is 10.6 Å². The number of aryl methyl sites for hydroxylation is 1. The molecule has 0 aromatic heterocycles. The number of hydrogen-bond donors (Lipinski definition) is 4. The molecule has 2 aromatic rings. The van der Waals surface area contributed by atoms with Crippen LogP contribution in [0.15, 0.2) is 48.3 Å². The molecule has 0 aliphatic rings. The molecule has 0 aliphatic heterocycles. The lowest BCUT2D eigenvalue weighted by atomic mass is 10.1. The topological polar surface area (TPSA) is 65.2 Å². The van der Waals surface area contributed by atoms with Crippen LogP contribution in [0.1, 0.15) is 18.1 Å². The van der Waals surface area contributed by atoms with Crippen LogP contribution in [0.3, 0.4) is 0 Å². The van der Waals surface area contributed by atoms with Crippen molar-refractivity contribution in [3.05, 3.63) is 70.3 Å². The lowest BCUT2D eigenvalue weighted by molar-refractivity contribution is 0.251. The van der Waals surface area contributed by atoms with Gasteiger partial charge in [-0.15, -0.1) is 0 Å². The monoisotopic (exact) mass is 376 g/mol. The van der Waals surface area contributed by atoms with Gasteiger partial charge in [0, 0.05) is 36.2 Å². The molecule has 2 aromatic carbocycles. The van der Waals surface area contributed by atoms with Crippen LogP contribution in [-0.2, 0) is 6.54 Å². The van der Waals surface area contributed by atoms with Gasteiger partial charge in [-0.05, 0) is 49.2 Å². The highest BCUT2D eigenvalue weighted by atomic mass is 35.5. The molecule has 5 nitrogen and oxygen atoms in total. The number of nitrogens with one attached hydrogen (secondary N) is 4. The predicted octanol–water partition coefficient (Wildman–Crippen LogP) is 4.60. The molecule has 138 valence electrons. The normalized spacial score (nSPS) is 11.0. The number of anilines is 2. The number of urea groups is 1. The third-order valence-electron chi connectivity index (χ3n) is 3.71. The molecule has 0 saturated carbocycles. The van der Waals surface area contributed by atoms with Gasteiger partial charge in [0.25, 0.3) is 0 Å². The van der Waals surface area contributed by atoms with Gasteiger partial charge in [-0.2, -0.15) is 0 Å². The third-order valence-corrected chi connectivity index (χ3v) is 4.07. The van der Waals surface area contributed by atoms with Crippen molar-refractivity contribution in [3.8, 4) is 0 Å². The first-order valence-electron chi connectivity index (χ1n) is 8.09. The minimum Gasteiger partial charge on any atom is -0.390 e. The number of allylic oxidation sites excluding steroid dienone is 1. The zero-order chi connectivity index (χ0) is 19.1. The van der Waals surface area contributed by atoms with E-state index in [4.69, 9.17) is 11.6 Å². The fourth-order valence-corrected chi connectivity index (χ4v) is 2.42. The van der Waals surface area contributed by atoms with Crippen molar-refractivity contribution in [2.45, 2.75) is 20.4 Å². The molecular weight excluding hydrogens is 355 g/mol. The molecule has 2 amide bonds. The van der Waals surface area contributed by atoms with Gasteiger partial charge in [-0.3, -0.25) is 0 Å². The van der Waals surface area contributed by atoms with Crippen molar-refractivity contribution >= 4 is 29.0 Å². The molecule has 0 radical (unpaired) electrons. The van der Waals surface area contributed by atoms with Crippen LogP contribution >= 0.6 is 11.6 Å². The van der Waals surface area contributed by atoms with E-state index in [0.29, 0.717) is 16.4 Å². The summed E-state index contributed by atoms with van der Waals surface area (Å²) >= 11 is 6.14. The van der Waals surface area contributed by atoms with E-state index in [1.165, 1.54) is 6.07 Å². The summed E-state index contributed by atoms with van der Waals surface area (Å²) in [6.07, 6.45) is 1.66. The molecule has 0 saturated heterocycles. The van der Waals surface area contributed by atoms with Crippen LogP contribution in [0, 0.1) is 12.7 Å². The second kappa shape index (κ2) is 9.10. The maximum Gasteiger partial charge on any atom is 0.319 e. The van der Waals surface area contributed by atoms with Gasteiger partial charge in [0.15, 0.2) is 0 Å². The van der Waals surface area contributed by atoms with Gasteiger partial charge in [-0.1, -0.05) is 23.7 Å². The summed E-state index contributed by atoms with van der Waals surface area (Å²) in [5, 5.41) is 11.7. The lowest BCUT2D eigenvalue weighted by Crippen LogP contribution is -2.28. The molecule has 0 aliphatic carbocycles. The van der Waals surface area contributed by atoms with Gasteiger partial charge in [0.2, 0.25) is 0 Å². The Labute approximate surface area is 157 Å². The van der Waals surface area contributed by atoms with E-state index in [1.807, 2.05) is 32.0 Å². The number of benzene rings is 2. The Hall–Kier alpha value is -2.73. The van der Waals surface area contributed by atoms with Gasteiger partial charge in [-0.25, -0.2) is 9.18 Å². The van der Waals surface area contributed by atoms with Crippen LogP contribution < -0.4 is 21.3 Å². The summed E-state index contributed by atoms with van der Waals surface area (Å²) in [5.74, 6) is -0.468. The van der Waals surface area contributed by atoms with E-state index >= 15 is 0 Å². The summed E-state index contributed by atoms with van der Waals surface area (Å²) in [5.41, 5.74) is 3.39. The zero-order valence-corrected chi connectivity index (χ0v) is 15.7. The Kier molecular flexibility index (Phi) is 6.86. The Bertz CT molecular complexity index is 823. The van der Waals surface area contributed by atoms with E-state index < -0.39 is 11.8 Å². The Morgan fingerprint density at radius 1 is 1.23 bits per heavy atom. The van der Waals surface area contributed by atoms with Crippen molar-refractivity contribution in [2.24, 2.45) is 0 Å². The molecule has 0 spiro atoms. The fraction of sp³-hybridized carbons (Fsp3) is 0.211. The summed E-state index contributed by atoms with van der Waals surface area (Å²) < 4.78 is 14.1. The Balaban J connectivity index is 1.93. The van der Waals surface area contributed by atoms with E-state index in [-0.39, 0.29) is 6.54 Å². The first-order chi connectivity index (χ1) is 12.4. The van der Waals surface area contributed by atoms with Crippen molar-refractivity contribution in [3.63, 3.8) is 0 Å². The van der Waals surface area contributed by atoms with E-state index in [2.05, 4.69) is 21.3 Å². The predicted molar refractivity (Wildman–Crippen MR) is 105 cm³/mol. The van der Waals surface area contributed by atoms with E-state index in [0.717, 1.165) is 16.8 Å². The minimum absolute atomic E-state index is 0.279. The van der Waals surface area contributed by atoms with Crippen molar-refractivity contribution < 1.29 is 9.18 Å². The van der Waals surface area contributed by atoms with Crippen LogP contribution in [0.25, 0.3) is 0 Å². The molecule has 0 heterocycles. The molecule has 0 atom stereocenters. The molecule has 2 rings (SSSR count). The third kappa shape index (κ3) is 5.67. The van der Waals surface area contributed by atoms with Gasteiger partial charge < -0.3 is 21.3 Å². The Morgan fingerprint density at radius 3 is 2.65 bits per heavy atom. The molecule has 4 N–H and O–H groups in total. The highest BCUT2D eigenvalue weighted by Crippen LogP contribution is 2.20. The van der Waals surface area contributed by atoms with Crippen LogP contribution in [-0.4, -0.2) is 13.1 Å². The number of rotatable bonds is 6. The first kappa shape index (κ1) is 19.6. The van der Waals surface area contributed by atoms with Crippen LogP contribution in [0.4, 0.5) is 20.6 Å². The number of hydrogen-bond acceptors (Lipinski definition) is 3. The van der Waals surface area contributed by atoms with Crippen molar-refractivity contribution in [1.29, 1.82) is 0 Å². The van der Waals surface area contributed by atoms with E-state index in [9.17, 15) is 9.18 Å². The zero-order valence-electron chi connectivity index (χ0n) is 14.9. The standard InChI is InChI=1S/C19H22ClFN4O/c1-12-4-5-14(16(20)8-12)11-24-19(26)25-15-6-7-18(17(21)9-15)23-10-13(2)22-3/h4-10,22-23H,11H2,1-3H3,(H2,24,25,26)/b13-10-. The van der Waals surface area contributed by atoms with E-state index in [1.54, 1.807) is 25.4 Å². The summed E-state index contributed by atoms with van der Waals surface area (Å²) in [7, 11) is 1.78. The minimum atomic E-state index is -0.468. The van der Waals surface area contributed by atoms with Gasteiger partial charge in [0.05, 0.1) is 5.69 Å². The lowest BCUT2D eigenvalue weighted by Gasteiger charge is -2.11. The fourth-order valence-electron chi connectivity index (χ4n) is 2.11. The summed E-state index contributed by atoms with van der Waals surface area (Å²) in [4.78, 5) is 12.0.